The van der Waals surface area contributed by atoms with Crippen molar-refractivity contribution in [3.05, 3.63) is 35.4 Å². The highest BCUT2D eigenvalue weighted by Crippen LogP contribution is 2.31. The van der Waals surface area contributed by atoms with Gasteiger partial charge in [-0.3, -0.25) is 9.59 Å². The van der Waals surface area contributed by atoms with E-state index in [0.717, 1.165) is 50.6 Å². The molecule has 25 heavy (non-hydrogen) atoms. The molecule has 0 unspecified atom stereocenters. The van der Waals surface area contributed by atoms with Crippen LogP contribution in [0.1, 0.15) is 54.4 Å². The molecule has 138 valence electrons. The van der Waals surface area contributed by atoms with Crippen molar-refractivity contribution in [1.82, 2.24) is 5.32 Å². The number of benzene rings is 1. The Bertz CT molecular complexity index is 549. The Morgan fingerprint density at radius 2 is 1.76 bits per heavy atom. The predicted molar refractivity (Wildman–Crippen MR) is 98.2 cm³/mol. The second-order valence-corrected chi connectivity index (χ2v) is 6.95. The van der Waals surface area contributed by atoms with E-state index in [1.807, 2.05) is 24.3 Å². The van der Waals surface area contributed by atoms with Crippen molar-refractivity contribution in [2.45, 2.75) is 44.9 Å². The molecule has 1 fully saturated rings. The van der Waals surface area contributed by atoms with Crippen LogP contribution in [0, 0.1) is 11.8 Å². The van der Waals surface area contributed by atoms with Gasteiger partial charge in [0.05, 0.1) is 7.11 Å². The highest BCUT2D eigenvalue weighted by Gasteiger charge is 2.22. The molecule has 2 rings (SSSR count). The van der Waals surface area contributed by atoms with Gasteiger partial charge < -0.3 is 15.8 Å². The number of nitrogens with one attached hydrogen (secondary N) is 1. The average Bonchev–Trinajstić information content (AvgIpc) is 2.65. The van der Waals surface area contributed by atoms with E-state index in [-0.39, 0.29) is 11.9 Å². The molecule has 1 aromatic carbocycles. The van der Waals surface area contributed by atoms with E-state index in [9.17, 15) is 9.59 Å². The van der Waals surface area contributed by atoms with Crippen LogP contribution in [0.15, 0.2) is 24.3 Å². The van der Waals surface area contributed by atoms with Gasteiger partial charge in [0.2, 0.25) is 0 Å². The van der Waals surface area contributed by atoms with Crippen molar-refractivity contribution >= 4 is 11.9 Å². The van der Waals surface area contributed by atoms with E-state index in [2.05, 4.69) is 5.32 Å². The first-order valence-corrected chi connectivity index (χ1v) is 9.26. The lowest BCUT2D eigenvalue weighted by Gasteiger charge is -2.28. The lowest BCUT2D eigenvalue weighted by Crippen LogP contribution is -2.31. The summed E-state index contributed by atoms with van der Waals surface area (Å²) in [5, 5.41) is 3.06. The number of methoxy groups -OCH3 is 1. The van der Waals surface area contributed by atoms with Gasteiger partial charge in [0.25, 0.3) is 5.91 Å². The standard InChI is InChI=1S/C20H30N2O3/c1-25-19(23)11-8-15-2-4-17(5-3-15)14-22-20(24)18-9-6-16(7-10-18)12-13-21/h6-7,9-10,15,17H,2-5,8,11-14,21H2,1H3,(H,22,24). The zero-order chi connectivity index (χ0) is 18.1. The highest BCUT2D eigenvalue weighted by molar-refractivity contribution is 5.94. The zero-order valence-electron chi connectivity index (χ0n) is 15.1. The summed E-state index contributed by atoms with van der Waals surface area (Å²) in [6.07, 6.45) is 6.75. The summed E-state index contributed by atoms with van der Waals surface area (Å²) < 4.78 is 4.70. The molecule has 1 aromatic rings. The zero-order valence-corrected chi connectivity index (χ0v) is 15.1. The van der Waals surface area contributed by atoms with Crippen LogP contribution < -0.4 is 11.1 Å². The minimum atomic E-state index is -0.119. The Balaban J connectivity index is 1.68. The summed E-state index contributed by atoms with van der Waals surface area (Å²) in [6.45, 7) is 1.35. The maximum atomic E-state index is 12.2. The Morgan fingerprint density at radius 3 is 2.36 bits per heavy atom. The number of carbonyl (C=O) groups excluding carboxylic acids is 2. The van der Waals surface area contributed by atoms with Crippen LogP contribution in [0.25, 0.3) is 0 Å². The highest BCUT2D eigenvalue weighted by atomic mass is 16.5. The SMILES string of the molecule is COC(=O)CCC1CCC(CNC(=O)c2ccc(CCN)cc2)CC1. The van der Waals surface area contributed by atoms with Crippen LogP contribution in [0.3, 0.4) is 0 Å². The van der Waals surface area contributed by atoms with E-state index < -0.39 is 0 Å². The minimum absolute atomic E-state index is 0.00730. The van der Waals surface area contributed by atoms with Gasteiger partial charge in [0.1, 0.15) is 0 Å². The average molecular weight is 346 g/mol. The van der Waals surface area contributed by atoms with Crippen LogP contribution >= 0.6 is 0 Å². The van der Waals surface area contributed by atoms with E-state index in [4.69, 9.17) is 10.5 Å². The fourth-order valence-electron chi connectivity index (χ4n) is 3.48. The molecule has 0 aromatic heterocycles. The molecular formula is C20H30N2O3. The molecule has 0 heterocycles. The smallest absolute Gasteiger partial charge is 0.305 e. The molecule has 1 aliphatic rings. The van der Waals surface area contributed by atoms with Crippen molar-refractivity contribution < 1.29 is 14.3 Å². The van der Waals surface area contributed by atoms with E-state index in [0.29, 0.717) is 30.4 Å². The number of ether oxygens (including phenoxy) is 1. The number of amides is 1. The van der Waals surface area contributed by atoms with Gasteiger partial charge in [-0.2, -0.15) is 0 Å². The van der Waals surface area contributed by atoms with Gasteiger partial charge >= 0.3 is 5.97 Å². The Hall–Kier alpha value is -1.88. The molecule has 1 amide bonds. The largest absolute Gasteiger partial charge is 0.469 e. The van der Waals surface area contributed by atoms with Gasteiger partial charge in [-0.1, -0.05) is 25.0 Å². The molecule has 5 heteroatoms. The first-order chi connectivity index (χ1) is 12.1. The Morgan fingerprint density at radius 1 is 1.12 bits per heavy atom. The van der Waals surface area contributed by atoms with Gasteiger partial charge in [0.15, 0.2) is 0 Å². The van der Waals surface area contributed by atoms with Crippen LogP contribution in [-0.2, 0) is 16.0 Å². The molecule has 0 radical (unpaired) electrons. The lowest BCUT2D eigenvalue weighted by molar-refractivity contribution is -0.141. The van der Waals surface area contributed by atoms with E-state index in [1.54, 1.807) is 0 Å². The summed E-state index contributed by atoms with van der Waals surface area (Å²) in [5.74, 6) is 1.02. The van der Waals surface area contributed by atoms with Gasteiger partial charge in [-0.05, 0) is 61.8 Å². The van der Waals surface area contributed by atoms with Crippen molar-refractivity contribution in [3.8, 4) is 0 Å². The third-order valence-electron chi connectivity index (χ3n) is 5.15. The third kappa shape index (κ3) is 6.50. The second kappa shape index (κ2) is 10.2. The predicted octanol–water partition coefficient (Wildman–Crippen LogP) is 2.68. The first-order valence-electron chi connectivity index (χ1n) is 9.26. The first kappa shape index (κ1) is 19.4. The fraction of sp³-hybridized carbons (Fsp3) is 0.600. The lowest BCUT2D eigenvalue weighted by atomic mass is 9.80. The molecule has 3 N–H and O–H groups in total. The summed E-state index contributed by atoms with van der Waals surface area (Å²) in [6, 6.07) is 7.66. The molecule has 5 nitrogen and oxygen atoms in total. The van der Waals surface area contributed by atoms with Gasteiger partial charge in [0, 0.05) is 18.5 Å². The molecule has 0 bridgehead atoms. The molecule has 1 saturated carbocycles. The van der Waals surface area contributed by atoms with Crippen molar-refractivity contribution in [1.29, 1.82) is 0 Å². The van der Waals surface area contributed by atoms with E-state index in [1.165, 1.54) is 7.11 Å². The number of nitrogens with two attached hydrogens (primary N) is 1. The van der Waals surface area contributed by atoms with Crippen molar-refractivity contribution in [2.24, 2.45) is 17.6 Å². The Kier molecular flexibility index (Phi) is 7.92. The third-order valence-corrected chi connectivity index (χ3v) is 5.15. The number of hydrogen-bond acceptors (Lipinski definition) is 4. The van der Waals surface area contributed by atoms with Gasteiger partial charge in [-0.15, -0.1) is 0 Å². The maximum absolute atomic E-state index is 12.2. The summed E-state index contributed by atoms with van der Waals surface area (Å²) in [5.41, 5.74) is 7.40. The van der Waals surface area contributed by atoms with Gasteiger partial charge in [-0.25, -0.2) is 0 Å². The monoisotopic (exact) mass is 346 g/mol. The van der Waals surface area contributed by atoms with Crippen LogP contribution in [0.5, 0.6) is 0 Å². The minimum Gasteiger partial charge on any atom is -0.469 e. The number of esters is 1. The molecule has 0 spiro atoms. The Labute approximate surface area is 150 Å². The van der Waals surface area contributed by atoms with Crippen LogP contribution in [0.4, 0.5) is 0 Å². The van der Waals surface area contributed by atoms with Crippen LogP contribution in [0.2, 0.25) is 0 Å². The molecular weight excluding hydrogens is 316 g/mol. The van der Waals surface area contributed by atoms with Crippen LogP contribution in [-0.4, -0.2) is 32.1 Å². The van der Waals surface area contributed by atoms with E-state index >= 15 is 0 Å². The molecule has 0 atom stereocenters. The van der Waals surface area contributed by atoms with Crippen molar-refractivity contribution in [3.63, 3.8) is 0 Å². The second-order valence-electron chi connectivity index (χ2n) is 6.95. The molecule has 1 aliphatic carbocycles. The number of carbonyl (C=O) groups is 2. The summed E-state index contributed by atoms with van der Waals surface area (Å²) >= 11 is 0. The topological polar surface area (TPSA) is 81.4 Å². The molecule has 0 aliphatic heterocycles. The van der Waals surface area contributed by atoms with Crippen molar-refractivity contribution in [2.75, 3.05) is 20.2 Å². The molecule has 0 saturated heterocycles. The quantitative estimate of drug-likeness (QED) is 0.709. The summed E-state index contributed by atoms with van der Waals surface area (Å²) in [7, 11) is 1.44. The number of rotatable bonds is 8. The number of hydrogen-bond donors (Lipinski definition) is 2. The summed E-state index contributed by atoms with van der Waals surface area (Å²) in [4.78, 5) is 23.5. The fourth-order valence-corrected chi connectivity index (χ4v) is 3.48. The normalized spacial score (nSPS) is 20.1. The maximum Gasteiger partial charge on any atom is 0.305 e.